The van der Waals surface area contributed by atoms with E-state index < -0.39 is 11.8 Å². The van der Waals surface area contributed by atoms with Crippen molar-refractivity contribution in [2.24, 2.45) is 4.99 Å². The number of aryl methyl sites for hydroxylation is 1. The summed E-state index contributed by atoms with van der Waals surface area (Å²) in [5.41, 5.74) is 11.2. The molecule has 9 heteroatoms. The maximum absolute atomic E-state index is 13.6. The molecule has 0 aliphatic carbocycles. The van der Waals surface area contributed by atoms with Crippen LogP contribution in [-0.2, 0) is 4.79 Å². The molecule has 1 heterocycles. The number of carbonyl (C=O) groups is 1. The third-order valence-electron chi connectivity index (χ3n) is 5.37. The zero-order valence-electron chi connectivity index (χ0n) is 19.8. The molecular weight excluding hydrogens is 471 g/mol. The van der Waals surface area contributed by atoms with Crippen LogP contribution in [0.2, 0.25) is 0 Å². The molecule has 5 N–H and O–H groups in total. The molecule has 5 aromatic rings. The van der Waals surface area contributed by atoms with Gasteiger partial charge in [0.25, 0.3) is 0 Å². The molecule has 0 fully saturated rings. The fourth-order valence-electron chi connectivity index (χ4n) is 3.67. The quantitative estimate of drug-likeness (QED) is 0.167. The highest BCUT2D eigenvalue weighted by Crippen LogP contribution is 2.31. The van der Waals surface area contributed by atoms with Crippen molar-refractivity contribution < 1.29 is 14.0 Å². The highest BCUT2D eigenvalue weighted by molar-refractivity contribution is 6.02. The Morgan fingerprint density at radius 2 is 1.73 bits per heavy atom. The summed E-state index contributed by atoms with van der Waals surface area (Å²) in [4.78, 5) is 25.3. The number of fused-ring (bicyclic) bond motifs is 1. The number of urea groups is 1. The summed E-state index contributed by atoms with van der Waals surface area (Å²) in [6.07, 6.45) is 1.49. The SMILES string of the molecule is Cc1cccc(N=C=O)c1.Nc1n[nH]c2cccc(-c3ccc(NC(=O)Nc4ccccc4F)cc3)c12. The van der Waals surface area contributed by atoms with Crippen molar-refractivity contribution in [1.82, 2.24) is 10.2 Å². The van der Waals surface area contributed by atoms with Gasteiger partial charge in [-0.05, 0) is 66.1 Å². The number of isocyanates is 1. The number of H-pyrrole nitrogens is 1. The number of nitrogens with two attached hydrogens (primary N) is 1. The van der Waals surface area contributed by atoms with Crippen molar-refractivity contribution in [3.8, 4) is 11.1 Å². The minimum absolute atomic E-state index is 0.119. The molecule has 0 saturated heterocycles. The number of rotatable bonds is 4. The summed E-state index contributed by atoms with van der Waals surface area (Å²) in [5.74, 6) is -0.0548. The molecule has 0 spiro atoms. The Kier molecular flexibility index (Phi) is 7.68. The van der Waals surface area contributed by atoms with Crippen LogP contribution in [0, 0.1) is 12.7 Å². The Morgan fingerprint density at radius 1 is 0.973 bits per heavy atom. The first-order valence-corrected chi connectivity index (χ1v) is 11.2. The smallest absolute Gasteiger partial charge is 0.323 e. The average Bonchev–Trinajstić information content (AvgIpc) is 3.28. The Hall–Kier alpha value is -5.27. The zero-order chi connectivity index (χ0) is 26.2. The van der Waals surface area contributed by atoms with Crippen LogP contribution in [0.1, 0.15) is 5.56 Å². The summed E-state index contributed by atoms with van der Waals surface area (Å²) < 4.78 is 13.6. The predicted octanol–water partition coefficient (Wildman–Crippen LogP) is 6.56. The number of benzene rings is 4. The van der Waals surface area contributed by atoms with Gasteiger partial charge in [-0.15, -0.1) is 0 Å². The first kappa shape index (κ1) is 24.8. The number of carbonyl (C=O) groups excluding carboxylic acids is 2. The van der Waals surface area contributed by atoms with Gasteiger partial charge in [0.2, 0.25) is 6.08 Å². The number of aromatic nitrogens is 2. The number of nitrogen functional groups attached to an aromatic ring is 1. The molecule has 0 bridgehead atoms. The summed E-state index contributed by atoms with van der Waals surface area (Å²) >= 11 is 0. The fourth-order valence-corrected chi connectivity index (χ4v) is 3.67. The molecule has 37 heavy (non-hydrogen) atoms. The third kappa shape index (κ3) is 6.25. The maximum Gasteiger partial charge on any atom is 0.323 e. The predicted molar refractivity (Wildman–Crippen MR) is 144 cm³/mol. The number of nitrogens with zero attached hydrogens (tertiary/aromatic N) is 2. The number of aliphatic imine (C=N–C) groups is 1. The lowest BCUT2D eigenvalue weighted by atomic mass is 10.0. The molecule has 0 atom stereocenters. The number of hydrogen-bond donors (Lipinski definition) is 4. The van der Waals surface area contributed by atoms with E-state index in [2.05, 4.69) is 25.8 Å². The third-order valence-corrected chi connectivity index (χ3v) is 5.37. The van der Waals surface area contributed by atoms with E-state index in [9.17, 15) is 14.0 Å². The standard InChI is InChI=1S/C20H16FN5O.C8H7NO/c21-15-5-1-2-6-16(15)24-20(27)23-13-10-8-12(9-11-13)14-4-3-7-17-18(14)19(22)26-25-17;1-7-3-2-4-8(5-7)9-6-10/h1-11H,(H3,22,25,26)(H2,23,24,27);2-5H,1H3. The number of anilines is 3. The number of hydrogen-bond acceptors (Lipinski definition) is 5. The van der Waals surface area contributed by atoms with Crippen molar-refractivity contribution >= 4 is 45.9 Å². The zero-order valence-corrected chi connectivity index (χ0v) is 19.8. The highest BCUT2D eigenvalue weighted by Gasteiger charge is 2.10. The largest absolute Gasteiger partial charge is 0.382 e. The van der Waals surface area contributed by atoms with E-state index in [0.717, 1.165) is 27.6 Å². The van der Waals surface area contributed by atoms with Gasteiger partial charge in [-0.25, -0.2) is 14.0 Å². The number of nitrogens with one attached hydrogen (secondary N) is 3. The molecule has 0 aliphatic rings. The lowest BCUT2D eigenvalue weighted by Gasteiger charge is -2.09. The summed E-state index contributed by atoms with van der Waals surface area (Å²) in [5, 5.41) is 13.0. The normalized spacial score (nSPS) is 10.1. The average molecular weight is 495 g/mol. The maximum atomic E-state index is 13.6. The van der Waals surface area contributed by atoms with E-state index in [1.165, 1.54) is 18.2 Å². The monoisotopic (exact) mass is 494 g/mol. The van der Waals surface area contributed by atoms with Crippen LogP contribution in [0.4, 0.5) is 32.1 Å². The second-order valence-corrected chi connectivity index (χ2v) is 8.02. The van der Waals surface area contributed by atoms with Crippen LogP contribution in [0.25, 0.3) is 22.0 Å². The first-order chi connectivity index (χ1) is 17.9. The van der Waals surface area contributed by atoms with Crippen molar-refractivity contribution in [1.29, 1.82) is 0 Å². The van der Waals surface area contributed by atoms with E-state index in [1.807, 2.05) is 55.5 Å². The summed E-state index contributed by atoms with van der Waals surface area (Å²) in [6, 6.07) is 25.9. The summed E-state index contributed by atoms with van der Waals surface area (Å²) in [7, 11) is 0. The first-order valence-electron chi connectivity index (χ1n) is 11.2. The van der Waals surface area contributed by atoms with Crippen LogP contribution < -0.4 is 16.4 Å². The number of amides is 2. The van der Waals surface area contributed by atoms with Crippen LogP contribution >= 0.6 is 0 Å². The molecule has 184 valence electrons. The molecule has 0 unspecified atom stereocenters. The van der Waals surface area contributed by atoms with Gasteiger partial charge in [0.15, 0.2) is 5.82 Å². The fraction of sp³-hybridized carbons (Fsp3) is 0.0357. The van der Waals surface area contributed by atoms with Gasteiger partial charge in [-0.1, -0.05) is 48.5 Å². The van der Waals surface area contributed by atoms with E-state index >= 15 is 0 Å². The van der Waals surface area contributed by atoms with Gasteiger partial charge in [-0.3, -0.25) is 5.10 Å². The van der Waals surface area contributed by atoms with Gasteiger partial charge in [0, 0.05) is 5.69 Å². The van der Waals surface area contributed by atoms with Crippen molar-refractivity contribution in [2.45, 2.75) is 6.92 Å². The van der Waals surface area contributed by atoms with Crippen molar-refractivity contribution in [2.75, 3.05) is 16.4 Å². The molecule has 5 rings (SSSR count). The van der Waals surface area contributed by atoms with Crippen molar-refractivity contribution in [3.05, 3.63) is 102 Å². The second-order valence-electron chi connectivity index (χ2n) is 8.02. The van der Waals surface area contributed by atoms with E-state index in [4.69, 9.17) is 5.73 Å². The minimum Gasteiger partial charge on any atom is -0.382 e. The molecular formula is C28H23FN6O2. The molecule has 0 saturated carbocycles. The summed E-state index contributed by atoms with van der Waals surface area (Å²) in [6.45, 7) is 1.95. The molecule has 0 radical (unpaired) electrons. The number of para-hydroxylation sites is 1. The second kappa shape index (κ2) is 11.4. The minimum atomic E-state index is -0.519. The lowest BCUT2D eigenvalue weighted by Crippen LogP contribution is -2.20. The Bertz CT molecular complexity index is 1590. The van der Waals surface area contributed by atoms with Gasteiger partial charge in [0.1, 0.15) is 5.82 Å². The topological polar surface area (TPSA) is 125 Å². The van der Waals surface area contributed by atoms with Crippen LogP contribution in [-0.4, -0.2) is 22.3 Å². The van der Waals surface area contributed by atoms with Crippen molar-refractivity contribution in [3.63, 3.8) is 0 Å². The molecule has 1 aromatic heterocycles. The molecule has 0 aliphatic heterocycles. The number of halogens is 1. The van der Waals surface area contributed by atoms with Crippen LogP contribution in [0.15, 0.2) is 96.0 Å². The molecule has 2 amide bonds. The van der Waals surface area contributed by atoms with E-state index in [-0.39, 0.29) is 5.69 Å². The molecule has 4 aromatic carbocycles. The lowest BCUT2D eigenvalue weighted by molar-refractivity contribution is 0.262. The number of aromatic amines is 1. The van der Waals surface area contributed by atoms with Crippen LogP contribution in [0.5, 0.6) is 0 Å². The van der Waals surface area contributed by atoms with Gasteiger partial charge < -0.3 is 16.4 Å². The Labute approximate surface area is 212 Å². The molecule has 8 nitrogen and oxygen atoms in total. The Morgan fingerprint density at radius 3 is 2.46 bits per heavy atom. The Balaban J connectivity index is 0.000000270. The van der Waals surface area contributed by atoms with E-state index in [1.54, 1.807) is 30.3 Å². The van der Waals surface area contributed by atoms with E-state index in [0.29, 0.717) is 17.2 Å². The highest BCUT2D eigenvalue weighted by atomic mass is 19.1. The van der Waals surface area contributed by atoms with Gasteiger partial charge >= 0.3 is 6.03 Å². The van der Waals surface area contributed by atoms with Gasteiger partial charge in [0.05, 0.1) is 22.3 Å². The van der Waals surface area contributed by atoms with Gasteiger partial charge in [-0.2, -0.15) is 10.1 Å². The van der Waals surface area contributed by atoms with Crippen LogP contribution in [0.3, 0.4) is 0 Å².